The minimum absolute atomic E-state index is 0.124. The van der Waals surface area contributed by atoms with Gasteiger partial charge in [-0.05, 0) is 30.7 Å². The monoisotopic (exact) mass is 308 g/mol. The highest BCUT2D eigenvalue weighted by Gasteiger charge is 2.07. The van der Waals surface area contributed by atoms with E-state index in [1.807, 2.05) is 43.3 Å². The van der Waals surface area contributed by atoms with Crippen molar-refractivity contribution in [3.05, 3.63) is 66.5 Å². The van der Waals surface area contributed by atoms with Crippen LogP contribution in [-0.4, -0.2) is 27.3 Å². The average molecular weight is 308 g/mol. The Kier molecular flexibility index (Phi) is 4.33. The van der Waals surface area contributed by atoms with E-state index in [2.05, 4.69) is 15.4 Å². The van der Waals surface area contributed by atoms with E-state index in [1.54, 1.807) is 29.2 Å². The SMILES string of the molecule is Cc1ccc(NC(=O)COc2ccn(-c3ccccc3)n2)nc1. The Morgan fingerprint density at radius 1 is 1.17 bits per heavy atom. The molecule has 2 aromatic heterocycles. The largest absolute Gasteiger partial charge is 0.466 e. The average Bonchev–Trinajstić information content (AvgIpc) is 3.05. The van der Waals surface area contributed by atoms with Gasteiger partial charge in [-0.15, -0.1) is 5.10 Å². The Hall–Kier alpha value is -3.15. The summed E-state index contributed by atoms with van der Waals surface area (Å²) in [5, 5.41) is 6.94. The summed E-state index contributed by atoms with van der Waals surface area (Å²) in [7, 11) is 0. The lowest BCUT2D eigenvalue weighted by atomic mass is 10.3. The van der Waals surface area contributed by atoms with Crippen LogP contribution in [0.5, 0.6) is 5.88 Å². The summed E-state index contributed by atoms with van der Waals surface area (Å²) < 4.78 is 7.08. The summed E-state index contributed by atoms with van der Waals surface area (Å²) in [6.45, 7) is 1.81. The second kappa shape index (κ2) is 6.74. The van der Waals surface area contributed by atoms with Crippen molar-refractivity contribution in [2.24, 2.45) is 0 Å². The van der Waals surface area contributed by atoms with E-state index in [-0.39, 0.29) is 12.5 Å². The lowest BCUT2D eigenvalue weighted by molar-refractivity contribution is -0.118. The first-order valence-electron chi connectivity index (χ1n) is 7.17. The van der Waals surface area contributed by atoms with Crippen molar-refractivity contribution in [1.29, 1.82) is 0 Å². The lowest BCUT2D eigenvalue weighted by Crippen LogP contribution is -2.20. The van der Waals surface area contributed by atoms with Gasteiger partial charge in [0.05, 0.1) is 5.69 Å². The van der Waals surface area contributed by atoms with Crippen molar-refractivity contribution in [1.82, 2.24) is 14.8 Å². The highest BCUT2D eigenvalue weighted by molar-refractivity contribution is 5.90. The maximum Gasteiger partial charge on any atom is 0.263 e. The van der Waals surface area contributed by atoms with Gasteiger partial charge in [0.15, 0.2) is 6.61 Å². The molecular formula is C17H16N4O2. The van der Waals surface area contributed by atoms with Crippen molar-refractivity contribution in [3.63, 3.8) is 0 Å². The molecule has 2 heterocycles. The normalized spacial score (nSPS) is 10.3. The minimum Gasteiger partial charge on any atom is -0.466 e. The molecule has 0 aliphatic carbocycles. The van der Waals surface area contributed by atoms with E-state index >= 15 is 0 Å². The number of carbonyl (C=O) groups excluding carboxylic acids is 1. The van der Waals surface area contributed by atoms with Crippen LogP contribution >= 0.6 is 0 Å². The van der Waals surface area contributed by atoms with Crippen LogP contribution in [-0.2, 0) is 4.79 Å². The molecule has 0 saturated carbocycles. The van der Waals surface area contributed by atoms with Crippen molar-refractivity contribution in [2.75, 3.05) is 11.9 Å². The number of amides is 1. The van der Waals surface area contributed by atoms with Crippen LogP contribution in [0.25, 0.3) is 5.69 Å². The summed E-state index contributed by atoms with van der Waals surface area (Å²) in [4.78, 5) is 15.9. The van der Waals surface area contributed by atoms with Gasteiger partial charge in [-0.1, -0.05) is 24.3 Å². The number of aromatic nitrogens is 3. The molecule has 3 aromatic rings. The molecule has 1 amide bonds. The highest BCUT2D eigenvalue weighted by Crippen LogP contribution is 2.11. The number of ether oxygens (including phenoxy) is 1. The molecule has 0 aliphatic heterocycles. The molecule has 0 atom stereocenters. The molecule has 116 valence electrons. The second-order valence-electron chi connectivity index (χ2n) is 4.99. The van der Waals surface area contributed by atoms with E-state index in [4.69, 9.17) is 4.74 Å². The molecule has 0 fully saturated rings. The molecule has 0 unspecified atom stereocenters. The van der Waals surface area contributed by atoms with Gasteiger partial charge in [0.25, 0.3) is 5.91 Å². The standard InChI is InChI=1S/C17H16N4O2/c1-13-7-8-15(18-11-13)19-16(22)12-23-17-9-10-21(20-17)14-5-3-2-4-6-14/h2-11H,12H2,1H3,(H,18,19,22). The number of para-hydroxylation sites is 1. The molecule has 0 aliphatic rings. The van der Waals surface area contributed by atoms with Crippen molar-refractivity contribution >= 4 is 11.7 Å². The molecule has 0 bridgehead atoms. The number of aryl methyl sites for hydroxylation is 1. The number of nitrogens with zero attached hydrogens (tertiary/aromatic N) is 3. The zero-order valence-electron chi connectivity index (χ0n) is 12.6. The Morgan fingerprint density at radius 2 is 2.00 bits per heavy atom. The third-order valence-corrected chi connectivity index (χ3v) is 3.12. The van der Waals surface area contributed by atoms with Gasteiger partial charge < -0.3 is 10.1 Å². The third kappa shape index (κ3) is 3.94. The summed E-state index contributed by atoms with van der Waals surface area (Å²) in [6, 6.07) is 15.0. The molecule has 1 N–H and O–H groups in total. The summed E-state index contributed by atoms with van der Waals surface area (Å²) in [5.74, 6) is 0.607. The van der Waals surface area contributed by atoms with Crippen molar-refractivity contribution < 1.29 is 9.53 Å². The molecule has 23 heavy (non-hydrogen) atoms. The molecule has 0 saturated heterocycles. The summed E-state index contributed by atoms with van der Waals surface area (Å²) in [6.07, 6.45) is 3.47. The number of nitrogens with one attached hydrogen (secondary N) is 1. The molecule has 3 rings (SSSR count). The highest BCUT2D eigenvalue weighted by atomic mass is 16.5. The third-order valence-electron chi connectivity index (χ3n) is 3.12. The molecule has 6 nitrogen and oxygen atoms in total. The van der Waals surface area contributed by atoms with E-state index < -0.39 is 0 Å². The Balaban J connectivity index is 1.55. The summed E-state index contributed by atoms with van der Waals surface area (Å²) >= 11 is 0. The number of anilines is 1. The van der Waals surface area contributed by atoms with Gasteiger partial charge >= 0.3 is 0 Å². The van der Waals surface area contributed by atoms with E-state index in [1.165, 1.54) is 0 Å². The summed E-state index contributed by atoms with van der Waals surface area (Å²) in [5.41, 5.74) is 1.96. The van der Waals surface area contributed by atoms with Gasteiger partial charge in [-0.3, -0.25) is 4.79 Å². The van der Waals surface area contributed by atoms with Crippen LogP contribution in [0.15, 0.2) is 60.9 Å². The predicted molar refractivity (Wildman–Crippen MR) is 86.7 cm³/mol. The van der Waals surface area contributed by atoms with Crippen LogP contribution in [0.2, 0.25) is 0 Å². The second-order valence-corrected chi connectivity index (χ2v) is 4.99. The van der Waals surface area contributed by atoms with Gasteiger partial charge in [0, 0.05) is 18.5 Å². The van der Waals surface area contributed by atoms with Crippen LogP contribution < -0.4 is 10.1 Å². The topological polar surface area (TPSA) is 69.0 Å². The van der Waals surface area contributed by atoms with E-state index in [0.29, 0.717) is 11.7 Å². The molecular weight excluding hydrogens is 292 g/mol. The number of pyridine rings is 1. The number of rotatable bonds is 5. The van der Waals surface area contributed by atoms with Gasteiger partial charge in [-0.25, -0.2) is 9.67 Å². The van der Waals surface area contributed by atoms with Gasteiger partial charge in [0.1, 0.15) is 5.82 Å². The Labute approximate surface area is 133 Å². The fourth-order valence-electron chi connectivity index (χ4n) is 1.97. The number of carbonyl (C=O) groups is 1. The number of hydrogen-bond donors (Lipinski definition) is 1. The molecule has 0 radical (unpaired) electrons. The molecule has 1 aromatic carbocycles. The quantitative estimate of drug-likeness (QED) is 0.786. The zero-order valence-corrected chi connectivity index (χ0v) is 12.6. The fourth-order valence-corrected chi connectivity index (χ4v) is 1.97. The zero-order chi connectivity index (χ0) is 16.1. The van der Waals surface area contributed by atoms with Crippen molar-refractivity contribution in [3.8, 4) is 11.6 Å². The maximum atomic E-state index is 11.8. The van der Waals surface area contributed by atoms with Gasteiger partial charge in [-0.2, -0.15) is 0 Å². The molecule has 6 heteroatoms. The van der Waals surface area contributed by atoms with Crippen LogP contribution in [0.1, 0.15) is 5.56 Å². The van der Waals surface area contributed by atoms with Gasteiger partial charge in [0.2, 0.25) is 5.88 Å². The van der Waals surface area contributed by atoms with E-state index in [9.17, 15) is 4.79 Å². The van der Waals surface area contributed by atoms with Crippen LogP contribution in [0.3, 0.4) is 0 Å². The van der Waals surface area contributed by atoms with Crippen LogP contribution in [0, 0.1) is 6.92 Å². The smallest absolute Gasteiger partial charge is 0.263 e. The fraction of sp³-hybridized carbons (Fsp3) is 0.118. The van der Waals surface area contributed by atoms with Crippen molar-refractivity contribution in [2.45, 2.75) is 6.92 Å². The van der Waals surface area contributed by atoms with E-state index in [0.717, 1.165) is 11.3 Å². The Morgan fingerprint density at radius 3 is 2.74 bits per heavy atom. The first-order chi connectivity index (χ1) is 11.2. The lowest BCUT2D eigenvalue weighted by Gasteiger charge is -2.05. The maximum absolute atomic E-state index is 11.8. The first kappa shape index (κ1) is 14.8. The Bertz CT molecular complexity index is 782. The number of benzene rings is 1. The first-order valence-corrected chi connectivity index (χ1v) is 7.17. The minimum atomic E-state index is -0.282. The number of hydrogen-bond acceptors (Lipinski definition) is 4. The van der Waals surface area contributed by atoms with Crippen LogP contribution in [0.4, 0.5) is 5.82 Å². The predicted octanol–water partition coefficient (Wildman–Crippen LogP) is 2.59. The molecule has 0 spiro atoms.